The first-order chi connectivity index (χ1) is 11.1. The first kappa shape index (κ1) is 15.2. The van der Waals surface area contributed by atoms with Crippen molar-refractivity contribution in [1.29, 1.82) is 5.26 Å². The number of aromatic nitrogens is 1. The summed E-state index contributed by atoms with van der Waals surface area (Å²) in [5.74, 6) is 1.69. The molecule has 0 saturated heterocycles. The van der Waals surface area contributed by atoms with E-state index in [1.54, 1.807) is 10.6 Å². The van der Waals surface area contributed by atoms with E-state index in [-0.39, 0.29) is 17.0 Å². The summed E-state index contributed by atoms with van der Waals surface area (Å²) in [6, 6.07) is 11.0. The highest BCUT2D eigenvalue weighted by Gasteiger charge is 2.16. The maximum Gasteiger partial charge on any atom is 0.268 e. The number of nitrogens with zero attached hydrogens (tertiary/aromatic N) is 2. The summed E-state index contributed by atoms with van der Waals surface area (Å²) in [4.78, 5) is 12.5. The molecule has 0 amide bonds. The molecule has 1 aromatic heterocycles. The lowest BCUT2D eigenvalue weighted by Gasteiger charge is -2.20. The van der Waals surface area contributed by atoms with Gasteiger partial charge in [0.2, 0.25) is 0 Å². The molecule has 1 aliphatic rings. The van der Waals surface area contributed by atoms with Crippen LogP contribution in [0.25, 0.3) is 11.3 Å². The third-order valence-electron chi connectivity index (χ3n) is 3.68. The van der Waals surface area contributed by atoms with Crippen LogP contribution in [0.1, 0.15) is 19.4 Å². The van der Waals surface area contributed by atoms with Crippen LogP contribution in [-0.4, -0.2) is 17.8 Å². The van der Waals surface area contributed by atoms with E-state index in [4.69, 9.17) is 14.7 Å². The predicted octanol–water partition coefficient (Wildman–Crippen LogP) is 2.81. The van der Waals surface area contributed by atoms with Crippen LogP contribution < -0.4 is 15.0 Å². The molecule has 2 aromatic rings. The van der Waals surface area contributed by atoms with Gasteiger partial charge in [0, 0.05) is 12.1 Å². The molecular weight excluding hydrogens is 292 g/mol. The van der Waals surface area contributed by atoms with Gasteiger partial charge in [-0.2, -0.15) is 5.26 Å². The highest BCUT2D eigenvalue weighted by atomic mass is 16.6. The van der Waals surface area contributed by atoms with Gasteiger partial charge in [0.1, 0.15) is 24.8 Å². The fourth-order valence-corrected chi connectivity index (χ4v) is 2.66. The Morgan fingerprint density at radius 2 is 1.91 bits per heavy atom. The maximum atomic E-state index is 12.5. The minimum absolute atomic E-state index is 0.159. The lowest BCUT2D eigenvalue weighted by molar-refractivity contribution is 0.171. The lowest BCUT2D eigenvalue weighted by Crippen LogP contribution is -2.26. The summed E-state index contributed by atoms with van der Waals surface area (Å²) in [7, 11) is 0. The van der Waals surface area contributed by atoms with Gasteiger partial charge in [-0.05, 0) is 36.2 Å². The molecule has 0 N–H and O–H groups in total. The summed E-state index contributed by atoms with van der Waals surface area (Å²) < 4.78 is 12.8. The Morgan fingerprint density at radius 3 is 2.61 bits per heavy atom. The summed E-state index contributed by atoms with van der Waals surface area (Å²) in [5.41, 5.74) is 1.55. The third-order valence-corrected chi connectivity index (χ3v) is 3.68. The average Bonchev–Trinajstić information content (AvgIpc) is 2.56. The van der Waals surface area contributed by atoms with Crippen molar-refractivity contribution in [2.45, 2.75) is 20.4 Å². The second kappa shape index (κ2) is 6.17. The molecule has 0 unspecified atom stereocenters. The van der Waals surface area contributed by atoms with Crippen LogP contribution in [0.4, 0.5) is 0 Å². The van der Waals surface area contributed by atoms with Crippen LogP contribution in [0.15, 0.2) is 35.1 Å². The second-order valence-corrected chi connectivity index (χ2v) is 5.91. The van der Waals surface area contributed by atoms with Gasteiger partial charge in [-0.15, -0.1) is 0 Å². The molecule has 5 nitrogen and oxygen atoms in total. The molecule has 0 spiro atoms. The van der Waals surface area contributed by atoms with Gasteiger partial charge < -0.3 is 14.0 Å². The molecule has 5 heteroatoms. The highest BCUT2D eigenvalue weighted by molar-refractivity contribution is 5.65. The van der Waals surface area contributed by atoms with E-state index >= 15 is 0 Å². The fourth-order valence-electron chi connectivity index (χ4n) is 2.66. The Balaban J connectivity index is 2.14. The molecule has 0 aliphatic carbocycles. The first-order valence-electron chi connectivity index (χ1n) is 7.64. The molecule has 3 rings (SSSR count). The summed E-state index contributed by atoms with van der Waals surface area (Å²) in [5, 5.41) is 9.10. The minimum Gasteiger partial charge on any atom is -0.486 e. The van der Waals surface area contributed by atoms with Crippen molar-refractivity contribution in [2.75, 3.05) is 13.2 Å². The van der Waals surface area contributed by atoms with Gasteiger partial charge in [0.15, 0.2) is 11.5 Å². The number of hydrogen-bond donors (Lipinski definition) is 0. The number of rotatable bonds is 3. The molecule has 0 bridgehead atoms. The van der Waals surface area contributed by atoms with Gasteiger partial charge in [-0.3, -0.25) is 4.79 Å². The highest BCUT2D eigenvalue weighted by Crippen LogP contribution is 2.34. The number of pyridine rings is 1. The quantitative estimate of drug-likeness (QED) is 0.874. The summed E-state index contributed by atoms with van der Waals surface area (Å²) >= 11 is 0. The Morgan fingerprint density at radius 1 is 1.17 bits per heavy atom. The van der Waals surface area contributed by atoms with Crippen molar-refractivity contribution in [1.82, 2.24) is 4.57 Å². The zero-order valence-electron chi connectivity index (χ0n) is 13.2. The molecule has 2 heterocycles. The largest absolute Gasteiger partial charge is 0.486 e. The Hall–Kier alpha value is -2.74. The number of ether oxygens (including phenoxy) is 2. The SMILES string of the molecule is CC(C)Cn1c(-c2ccc3c(c2)OCCO3)ccc(C#N)c1=O. The van der Waals surface area contributed by atoms with E-state index in [2.05, 4.69) is 0 Å². The van der Waals surface area contributed by atoms with E-state index in [0.29, 0.717) is 31.3 Å². The van der Waals surface area contributed by atoms with Crippen molar-refractivity contribution in [3.05, 3.63) is 46.2 Å². The number of hydrogen-bond acceptors (Lipinski definition) is 4. The van der Waals surface area contributed by atoms with Crippen molar-refractivity contribution < 1.29 is 9.47 Å². The lowest BCUT2D eigenvalue weighted by atomic mass is 10.1. The predicted molar refractivity (Wildman–Crippen MR) is 86.7 cm³/mol. The van der Waals surface area contributed by atoms with Gasteiger partial charge in [0.25, 0.3) is 5.56 Å². The average molecular weight is 310 g/mol. The van der Waals surface area contributed by atoms with Crippen molar-refractivity contribution in [2.24, 2.45) is 5.92 Å². The van der Waals surface area contributed by atoms with Gasteiger partial charge in [0.05, 0.1) is 5.69 Å². The third kappa shape index (κ3) is 2.93. The molecule has 1 aromatic carbocycles. The summed E-state index contributed by atoms with van der Waals surface area (Å²) in [6.07, 6.45) is 0. The molecular formula is C18H18N2O3. The van der Waals surface area contributed by atoms with Crippen molar-refractivity contribution in [3.63, 3.8) is 0 Å². The summed E-state index contributed by atoms with van der Waals surface area (Å²) in [6.45, 7) is 5.69. The Kier molecular flexibility index (Phi) is 4.07. The minimum atomic E-state index is -0.256. The molecule has 118 valence electrons. The van der Waals surface area contributed by atoms with E-state index in [1.807, 2.05) is 44.2 Å². The molecule has 23 heavy (non-hydrogen) atoms. The Bertz CT molecular complexity index is 831. The molecule has 0 saturated carbocycles. The van der Waals surface area contributed by atoms with Crippen molar-refractivity contribution in [3.8, 4) is 28.8 Å². The number of benzene rings is 1. The van der Waals surface area contributed by atoms with E-state index in [9.17, 15) is 4.79 Å². The Labute approximate surface area is 134 Å². The maximum absolute atomic E-state index is 12.5. The number of fused-ring (bicyclic) bond motifs is 1. The van der Waals surface area contributed by atoms with Crippen LogP contribution in [0, 0.1) is 17.2 Å². The monoisotopic (exact) mass is 310 g/mol. The number of nitriles is 1. The van der Waals surface area contributed by atoms with Crippen LogP contribution in [-0.2, 0) is 6.54 Å². The normalized spacial score (nSPS) is 13.0. The fraction of sp³-hybridized carbons (Fsp3) is 0.333. The van der Waals surface area contributed by atoms with Gasteiger partial charge >= 0.3 is 0 Å². The van der Waals surface area contributed by atoms with E-state index in [0.717, 1.165) is 11.3 Å². The van der Waals surface area contributed by atoms with Crippen molar-refractivity contribution >= 4 is 0 Å². The van der Waals surface area contributed by atoms with Crippen LogP contribution >= 0.6 is 0 Å². The smallest absolute Gasteiger partial charge is 0.268 e. The van der Waals surface area contributed by atoms with Crippen LogP contribution in [0.5, 0.6) is 11.5 Å². The van der Waals surface area contributed by atoms with E-state index < -0.39 is 0 Å². The molecule has 0 atom stereocenters. The molecule has 0 fully saturated rings. The topological polar surface area (TPSA) is 64.2 Å². The van der Waals surface area contributed by atoms with Crippen LogP contribution in [0.3, 0.4) is 0 Å². The van der Waals surface area contributed by atoms with E-state index in [1.165, 1.54) is 0 Å². The molecule has 1 aliphatic heterocycles. The first-order valence-corrected chi connectivity index (χ1v) is 7.64. The standard InChI is InChI=1S/C18H18N2O3/c1-12(2)11-20-15(5-3-14(10-19)18(20)21)13-4-6-16-17(9-13)23-8-7-22-16/h3-6,9,12H,7-8,11H2,1-2H3. The zero-order chi connectivity index (χ0) is 16.4. The van der Waals surface area contributed by atoms with Crippen LogP contribution in [0.2, 0.25) is 0 Å². The van der Waals surface area contributed by atoms with Gasteiger partial charge in [-0.25, -0.2) is 0 Å². The zero-order valence-corrected chi connectivity index (χ0v) is 13.2. The van der Waals surface area contributed by atoms with Gasteiger partial charge in [-0.1, -0.05) is 13.8 Å². The molecule has 0 radical (unpaired) electrons. The second-order valence-electron chi connectivity index (χ2n) is 5.91.